The number of carbonyl (C=O) groups is 2. The van der Waals surface area contributed by atoms with E-state index >= 15 is 0 Å². The molecule has 1 heterocycles. The molecular formula is C11H7ClN2O2. The number of nitriles is 1. The fourth-order valence-electron chi connectivity index (χ4n) is 1.61. The molecule has 0 aliphatic carbocycles. The van der Waals surface area contributed by atoms with Crippen molar-refractivity contribution in [3.63, 3.8) is 0 Å². The molecule has 1 aliphatic rings. The number of hydrogen-bond donors (Lipinski definition) is 0. The van der Waals surface area contributed by atoms with E-state index < -0.39 is 0 Å². The van der Waals surface area contributed by atoms with Crippen LogP contribution >= 0.6 is 11.6 Å². The van der Waals surface area contributed by atoms with Gasteiger partial charge in [0.1, 0.15) is 0 Å². The lowest BCUT2D eigenvalue weighted by Crippen LogP contribution is -2.24. The van der Waals surface area contributed by atoms with E-state index in [2.05, 4.69) is 0 Å². The van der Waals surface area contributed by atoms with Gasteiger partial charge >= 0.3 is 0 Å². The molecule has 5 heteroatoms. The number of hydrogen-bond acceptors (Lipinski definition) is 3. The SMILES string of the molecule is N#Cc1cc(Cl)cc(N2CC(=O)CC2=O)c1. The normalized spacial score (nSPS) is 15.4. The molecule has 1 saturated heterocycles. The molecule has 0 bridgehead atoms. The third-order valence-corrected chi connectivity index (χ3v) is 2.53. The Morgan fingerprint density at radius 1 is 1.31 bits per heavy atom. The first-order valence-electron chi connectivity index (χ1n) is 4.63. The zero-order valence-electron chi connectivity index (χ0n) is 8.24. The largest absolute Gasteiger partial charge is 0.305 e. The van der Waals surface area contributed by atoms with Crippen molar-refractivity contribution in [2.45, 2.75) is 6.42 Å². The van der Waals surface area contributed by atoms with Crippen LogP contribution in [0.5, 0.6) is 0 Å². The minimum atomic E-state index is -0.254. The average Bonchev–Trinajstić information content (AvgIpc) is 2.57. The monoisotopic (exact) mass is 234 g/mol. The van der Waals surface area contributed by atoms with Crippen molar-refractivity contribution in [2.24, 2.45) is 0 Å². The molecule has 80 valence electrons. The van der Waals surface area contributed by atoms with Gasteiger partial charge in [-0.3, -0.25) is 9.59 Å². The molecule has 1 aromatic carbocycles. The average molecular weight is 235 g/mol. The van der Waals surface area contributed by atoms with Crippen molar-refractivity contribution in [1.82, 2.24) is 0 Å². The molecular weight excluding hydrogens is 228 g/mol. The highest BCUT2D eigenvalue weighted by atomic mass is 35.5. The number of benzene rings is 1. The summed E-state index contributed by atoms with van der Waals surface area (Å²) in [6.07, 6.45) is -0.0750. The maximum absolute atomic E-state index is 11.5. The Kier molecular flexibility index (Phi) is 2.63. The van der Waals surface area contributed by atoms with Crippen LogP contribution in [0.2, 0.25) is 5.02 Å². The molecule has 1 aromatic rings. The summed E-state index contributed by atoms with van der Waals surface area (Å²) in [5.74, 6) is -0.375. The van der Waals surface area contributed by atoms with Crippen LogP contribution in [0.3, 0.4) is 0 Å². The van der Waals surface area contributed by atoms with Crippen molar-refractivity contribution in [1.29, 1.82) is 5.26 Å². The Hall–Kier alpha value is -1.86. The van der Waals surface area contributed by atoms with Crippen LogP contribution in [-0.2, 0) is 9.59 Å². The topological polar surface area (TPSA) is 61.2 Å². The van der Waals surface area contributed by atoms with Crippen molar-refractivity contribution < 1.29 is 9.59 Å². The van der Waals surface area contributed by atoms with Gasteiger partial charge in [-0.15, -0.1) is 0 Å². The fourth-order valence-corrected chi connectivity index (χ4v) is 1.84. The number of nitrogens with zero attached hydrogens (tertiary/aromatic N) is 2. The minimum absolute atomic E-state index is 0.0596. The van der Waals surface area contributed by atoms with Crippen LogP contribution in [0.25, 0.3) is 0 Å². The highest BCUT2D eigenvalue weighted by molar-refractivity contribution is 6.31. The van der Waals surface area contributed by atoms with Crippen LogP contribution in [0.4, 0.5) is 5.69 Å². The summed E-state index contributed by atoms with van der Waals surface area (Å²) >= 11 is 5.82. The highest BCUT2D eigenvalue weighted by Gasteiger charge is 2.28. The van der Waals surface area contributed by atoms with Crippen molar-refractivity contribution >= 4 is 29.0 Å². The number of rotatable bonds is 1. The Morgan fingerprint density at radius 2 is 2.06 bits per heavy atom. The maximum atomic E-state index is 11.5. The van der Waals surface area contributed by atoms with E-state index in [0.717, 1.165) is 0 Å². The Morgan fingerprint density at radius 3 is 2.62 bits per heavy atom. The molecule has 0 spiro atoms. The van der Waals surface area contributed by atoms with E-state index in [1.54, 1.807) is 12.1 Å². The van der Waals surface area contributed by atoms with Crippen LogP contribution < -0.4 is 4.90 Å². The first kappa shape index (κ1) is 10.7. The molecule has 0 radical (unpaired) electrons. The third-order valence-electron chi connectivity index (χ3n) is 2.31. The standard InChI is InChI=1S/C11H7ClN2O2/c12-8-1-7(5-13)2-9(3-8)14-6-10(15)4-11(14)16/h1-3H,4,6H2. The van der Waals surface area contributed by atoms with Gasteiger partial charge in [-0.1, -0.05) is 11.6 Å². The predicted octanol–water partition coefficient (Wildman–Crippen LogP) is 1.52. The van der Waals surface area contributed by atoms with E-state index in [9.17, 15) is 9.59 Å². The van der Waals surface area contributed by atoms with Crippen LogP contribution in [0.1, 0.15) is 12.0 Å². The second kappa shape index (κ2) is 3.95. The Bertz CT molecular complexity index is 519. The van der Waals surface area contributed by atoms with Crippen LogP contribution in [0, 0.1) is 11.3 Å². The molecule has 16 heavy (non-hydrogen) atoms. The lowest BCUT2D eigenvalue weighted by Gasteiger charge is -2.15. The lowest BCUT2D eigenvalue weighted by atomic mass is 10.2. The van der Waals surface area contributed by atoms with Gasteiger partial charge in [-0.25, -0.2) is 0 Å². The molecule has 4 nitrogen and oxygen atoms in total. The predicted molar refractivity (Wildman–Crippen MR) is 58.1 cm³/mol. The molecule has 1 fully saturated rings. The van der Waals surface area contributed by atoms with Crippen molar-refractivity contribution in [2.75, 3.05) is 11.4 Å². The van der Waals surface area contributed by atoms with Gasteiger partial charge in [0.15, 0.2) is 5.78 Å². The quantitative estimate of drug-likeness (QED) is 0.692. The smallest absolute Gasteiger partial charge is 0.234 e. The summed E-state index contributed by atoms with van der Waals surface area (Å²) in [4.78, 5) is 23.9. The summed E-state index contributed by atoms with van der Waals surface area (Å²) in [6, 6.07) is 6.57. The summed E-state index contributed by atoms with van der Waals surface area (Å²) in [5, 5.41) is 9.14. The van der Waals surface area contributed by atoms with Crippen molar-refractivity contribution in [3.05, 3.63) is 28.8 Å². The fraction of sp³-hybridized carbons (Fsp3) is 0.182. The van der Waals surface area contributed by atoms with Gasteiger partial charge in [0.25, 0.3) is 0 Å². The van der Waals surface area contributed by atoms with E-state index in [4.69, 9.17) is 16.9 Å². The van der Waals surface area contributed by atoms with Crippen molar-refractivity contribution in [3.8, 4) is 6.07 Å². The van der Waals surface area contributed by atoms with E-state index in [1.165, 1.54) is 11.0 Å². The molecule has 0 unspecified atom stereocenters. The summed E-state index contributed by atoms with van der Waals surface area (Å²) in [5.41, 5.74) is 0.870. The number of amides is 1. The molecule has 1 aliphatic heterocycles. The van der Waals surface area contributed by atoms with Gasteiger partial charge in [0.05, 0.1) is 24.6 Å². The zero-order chi connectivity index (χ0) is 11.7. The second-order valence-electron chi connectivity index (χ2n) is 3.51. The number of anilines is 1. The minimum Gasteiger partial charge on any atom is -0.305 e. The first-order valence-corrected chi connectivity index (χ1v) is 5.00. The third kappa shape index (κ3) is 1.90. The summed E-state index contributed by atoms with van der Waals surface area (Å²) in [6.45, 7) is 0.0596. The summed E-state index contributed by atoms with van der Waals surface area (Å²) in [7, 11) is 0. The lowest BCUT2D eigenvalue weighted by molar-refractivity contribution is -0.121. The zero-order valence-corrected chi connectivity index (χ0v) is 8.99. The Balaban J connectivity index is 2.41. The molecule has 0 atom stereocenters. The number of ketones is 1. The van der Waals surface area contributed by atoms with E-state index in [0.29, 0.717) is 16.3 Å². The van der Waals surface area contributed by atoms with Gasteiger partial charge in [0, 0.05) is 10.7 Å². The molecule has 0 N–H and O–H groups in total. The van der Waals surface area contributed by atoms with Gasteiger partial charge in [-0.05, 0) is 18.2 Å². The summed E-state index contributed by atoms with van der Waals surface area (Å²) < 4.78 is 0. The number of halogens is 1. The molecule has 0 aromatic heterocycles. The van der Waals surface area contributed by atoms with E-state index in [-0.39, 0.29) is 24.7 Å². The second-order valence-corrected chi connectivity index (χ2v) is 3.94. The highest BCUT2D eigenvalue weighted by Crippen LogP contribution is 2.25. The van der Waals surface area contributed by atoms with E-state index in [1.807, 2.05) is 6.07 Å². The van der Waals surface area contributed by atoms with Gasteiger partial charge in [-0.2, -0.15) is 5.26 Å². The molecule has 0 saturated carbocycles. The van der Waals surface area contributed by atoms with Crippen LogP contribution in [0.15, 0.2) is 18.2 Å². The molecule has 1 amide bonds. The molecule has 2 rings (SSSR count). The van der Waals surface area contributed by atoms with Gasteiger partial charge < -0.3 is 4.90 Å². The first-order chi connectivity index (χ1) is 7.60. The number of Topliss-reactive ketones (excluding diaryl/α,β-unsaturated/α-hetero) is 1. The maximum Gasteiger partial charge on any atom is 0.234 e. The Labute approximate surface area is 97.0 Å². The van der Waals surface area contributed by atoms with Gasteiger partial charge in [0.2, 0.25) is 5.91 Å². The van der Waals surface area contributed by atoms with Crippen LogP contribution in [-0.4, -0.2) is 18.2 Å². The number of carbonyl (C=O) groups excluding carboxylic acids is 2.